The Hall–Kier alpha value is -5.39. The van der Waals surface area contributed by atoms with Crippen LogP contribution in [0.25, 0.3) is 11.0 Å². The van der Waals surface area contributed by atoms with Crippen molar-refractivity contribution >= 4 is 28.5 Å². The molecule has 1 aliphatic heterocycles. The summed E-state index contributed by atoms with van der Waals surface area (Å²) in [4.78, 5) is 13.2. The van der Waals surface area contributed by atoms with Gasteiger partial charge in [0.25, 0.3) is 0 Å². The summed E-state index contributed by atoms with van der Waals surface area (Å²) in [5.74, 6) is 0.503. The highest BCUT2D eigenvalue weighted by Gasteiger charge is 2.32. The van der Waals surface area contributed by atoms with Crippen LogP contribution >= 0.6 is 11.6 Å². The molecule has 4 aromatic carbocycles. The van der Waals surface area contributed by atoms with Crippen LogP contribution in [0.15, 0.2) is 88.7 Å². The number of halogens is 1. The van der Waals surface area contributed by atoms with Gasteiger partial charge in [-0.1, -0.05) is 53.6 Å². The van der Waals surface area contributed by atoms with Crippen molar-refractivity contribution in [1.29, 1.82) is 5.26 Å². The number of hydrogen-bond donors (Lipinski definition) is 1. The van der Waals surface area contributed by atoms with Gasteiger partial charge in [0.2, 0.25) is 11.6 Å². The number of rotatable bonds is 8. The van der Waals surface area contributed by atoms with Crippen molar-refractivity contribution in [2.45, 2.75) is 40.2 Å². The van der Waals surface area contributed by atoms with Crippen molar-refractivity contribution < 1.29 is 28.2 Å². The summed E-state index contributed by atoms with van der Waals surface area (Å²) in [6.07, 6.45) is 0. The lowest BCUT2D eigenvalue weighted by Crippen LogP contribution is -2.21. The van der Waals surface area contributed by atoms with Crippen molar-refractivity contribution in [2.24, 2.45) is 5.73 Å². The number of benzene rings is 4. The first kappa shape index (κ1) is 30.6. The van der Waals surface area contributed by atoms with Crippen LogP contribution in [0.4, 0.5) is 0 Å². The Morgan fingerprint density at radius 2 is 1.76 bits per heavy atom. The van der Waals surface area contributed by atoms with Gasteiger partial charge in [-0.3, -0.25) is 0 Å². The molecular weight excluding hydrogens is 604 g/mol. The molecule has 1 aliphatic rings. The highest BCUT2D eigenvalue weighted by atomic mass is 35.5. The first-order chi connectivity index (χ1) is 22.2. The second-order valence-electron chi connectivity index (χ2n) is 11.1. The predicted octanol–water partition coefficient (Wildman–Crippen LogP) is 8.43. The molecule has 0 radical (unpaired) electrons. The second-order valence-corrected chi connectivity index (χ2v) is 11.5. The van der Waals surface area contributed by atoms with E-state index in [1.807, 2.05) is 63.2 Å². The molecule has 2 N–H and O–H groups in total. The van der Waals surface area contributed by atoms with Crippen LogP contribution in [0, 0.1) is 32.1 Å². The summed E-state index contributed by atoms with van der Waals surface area (Å²) in [6, 6.07) is 24.4. The number of nitriles is 1. The van der Waals surface area contributed by atoms with Gasteiger partial charge in [-0.2, -0.15) is 5.26 Å². The van der Waals surface area contributed by atoms with E-state index in [0.717, 1.165) is 22.1 Å². The van der Waals surface area contributed by atoms with Gasteiger partial charge >= 0.3 is 5.97 Å². The zero-order chi connectivity index (χ0) is 32.5. The van der Waals surface area contributed by atoms with Gasteiger partial charge < -0.3 is 29.1 Å². The SMILES string of the molecule is CCOc1cc(C2C(C#N)=C(N)Oc3cc(OC(=O)c4oc5cc(C)c(Cl)cc5c4C)ccc32)ccc1OCc1ccc(C)cc1. The van der Waals surface area contributed by atoms with Gasteiger partial charge in [-0.15, -0.1) is 0 Å². The molecule has 232 valence electrons. The van der Waals surface area contributed by atoms with Crippen LogP contribution in [-0.2, 0) is 6.61 Å². The molecule has 1 atom stereocenters. The van der Waals surface area contributed by atoms with Gasteiger partial charge in [0.15, 0.2) is 11.5 Å². The first-order valence-corrected chi connectivity index (χ1v) is 15.1. The van der Waals surface area contributed by atoms with E-state index >= 15 is 0 Å². The van der Waals surface area contributed by atoms with Crippen molar-refractivity contribution in [3.05, 3.63) is 128 Å². The molecule has 6 rings (SSSR count). The molecule has 1 aromatic heterocycles. The number of hydrogen-bond acceptors (Lipinski definition) is 8. The van der Waals surface area contributed by atoms with E-state index in [0.29, 0.717) is 52.2 Å². The van der Waals surface area contributed by atoms with Gasteiger partial charge in [-0.25, -0.2) is 4.79 Å². The number of carbonyl (C=O) groups is 1. The van der Waals surface area contributed by atoms with Crippen LogP contribution in [-0.4, -0.2) is 12.6 Å². The van der Waals surface area contributed by atoms with Gasteiger partial charge in [0.1, 0.15) is 35.3 Å². The van der Waals surface area contributed by atoms with E-state index in [1.165, 1.54) is 5.56 Å². The van der Waals surface area contributed by atoms with Gasteiger partial charge in [-0.05, 0) is 74.7 Å². The minimum Gasteiger partial charge on any atom is -0.490 e. The van der Waals surface area contributed by atoms with Crippen LogP contribution in [0.3, 0.4) is 0 Å². The number of ether oxygens (including phenoxy) is 4. The number of allylic oxidation sites excluding steroid dienone is 1. The molecule has 0 fully saturated rings. The Morgan fingerprint density at radius 1 is 0.978 bits per heavy atom. The van der Waals surface area contributed by atoms with E-state index in [1.54, 1.807) is 37.3 Å². The van der Waals surface area contributed by atoms with E-state index < -0.39 is 11.9 Å². The number of nitrogens with two attached hydrogens (primary N) is 1. The third-order valence-corrected chi connectivity index (χ3v) is 8.33. The molecule has 0 saturated heterocycles. The Balaban J connectivity index is 1.29. The molecule has 0 amide bonds. The smallest absolute Gasteiger partial charge is 0.379 e. The maximum absolute atomic E-state index is 13.2. The fourth-order valence-corrected chi connectivity index (χ4v) is 5.63. The molecule has 0 spiro atoms. The summed E-state index contributed by atoms with van der Waals surface area (Å²) in [5, 5.41) is 11.4. The standard InChI is InChI=1S/C37H31ClN2O6/c1-5-42-33-15-24(10-13-30(33)43-19-23-8-6-20(2)7-9-23)34-26-12-11-25(16-32(26)46-36(40)28(34)18-39)44-37(41)35-22(4)27-17-29(38)21(3)14-31(27)45-35/h6-17,34H,5,19,40H2,1-4H3. The average molecular weight is 635 g/mol. The number of esters is 1. The number of aryl methyl sites for hydroxylation is 3. The third-order valence-electron chi connectivity index (χ3n) is 7.92. The van der Waals surface area contributed by atoms with Crippen LogP contribution in [0.2, 0.25) is 5.02 Å². The fraction of sp³-hybridized carbons (Fsp3) is 0.189. The predicted molar refractivity (Wildman–Crippen MR) is 175 cm³/mol. The van der Waals surface area contributed by atoms with Crippen LogP contribution in [0.5, 0.6) is 23.0 Å². The van der Waals surface area contributed by atoms with Crippen LogP contribution in [0.1, 0.15) is 56.8 Å². The normalized spacial score (nSPS) is 14.0. The van der Waals surface area contributed by atoms with Crippen molar-refractivity contribution in [1.82, 2.24) is 0 Å². The average Bonchev–Trinajstić information content (AvgIpc) is 3.35. The zero-order valence-electron chi connectivity index (χ0n) is 25.8. The summed E-state index contributed by atoms with van der Waals surface area (Å²) in [5.41, 5.74) is 12.1. The van der Waals surface area contributed by atoms with Gasteiger partial charge in [0.05, 0.1) is 12.5 Å². The molecule has 2 heterocycles. The van der Waals surface area contributed by atoms with E-state index in [4.69, 9.17) is 40.7 Å². The highest BCUT2D eigenvalue weighted by molar-refractivity contribution is 6.32. The molecule has 0 bridgehead atoms. The Kier molecular flexibility index (Phi) is 8.35. The minimum atomic E-state index is -0.668. The van der Waals surface area contributed by atoms with Crippen molar-refractivity contribution in [3.8, 4) is 29.1 Å². The first-order valence-electron chi connectivity index (χ1n) is 14.7. The van der Waals surface area contributed by atoms with E-state index in [9.17, 15) is 10.1 Å². The zero-order valence-corrected chi connectivity index (χ0v) is 26.5. The summed E-state index contributed by atoms with van der Waals surface area (Å²) >= 11 is 6.29. The largest absolute Gasteiger partial charge is 0.490 e. The lowest BCUT2D eigenvalue weighted by molar-refractivity contribution is 0.0702. The molecule has 8 nitrogen and oxygen atoms in total. The summed E-state index contributed by atoms with van der Waals surface area (Å²) in [7, 11) is 0. The lowest BCUT2D eigenvalue weighted by Gasteiger charge is -2.27. The van der Waals surface area contributed by atoms with Crippen LogP contribution < -0.4 is 24.7 Å². The van der Waals surface area contributed by atoms with Crippen molar-refractivity contribution in [3.63, 3.8) is 0 Å². The molecule has 46 heavy (non-hydrogen) atoms. The topological polar surface area (TPSA) is 117 Å². The molecule has 1 unspecified atom stereocenters. The minimum absolute atomic E-state index is 0.0403. The highest BCUT2D eigenvalue weighted by Crippen LogP contribution is 2.45. The maximum Gasteiger partial charge on any atom is 0.379 e. The van der Waals surface area contributed by atoms with Gasteiger partial charge in [0, 0.05) is 27.6 Å². The molecule has 9 heteroatoms. The molecular formula is C37H31ClN2O6. The summed E-state index contributed by atoms with van der Waals surface area (Å²) < 4.78 is 29.5. The molecule has 0 saturated carbocycles. The fourth-order valence-electron chi connectivity index (χ4n) is 5.47. The second kappa shape index (κ2) is 12.5. The van der Waals surface area contributed by atoms with Crippen molar-refractivity contribution in [2.75, 3.05) is 6.61 Å². The molecule has 0 aliphatic carbocycles. The summed E-state index contributed by atoms with van der Waals surface area (Å²) in [6.45, 7) is 8.37. The third kappa shape index (κ3) is 5.85. The maximum atomic E-state index is 13.2. The quantitative estimate of drug-likeness (QED) is 0.133. The number of fused-ring (bicyclic) bond motifs is 2. The number of nitrogens with zero attached hydrogens (tertiary/aromatic N) is 1. The Labute approximate surface area is 271 Å². The van der Waals surface area contributed by atoms with E-state index in [-0.39, 0.29) is 23.0 Å². The monoisotopic (exact) mass is 634 g/mol. The number of carbonyl (C=O) groups excluding carboxylic acids is 1. The lowest BCUT2D eigenvalue weighted by atomic mass is 9.83. The number of furan rings is 1. The molecule has 5 aromatic rings. The Morgan fingerprint density at radius 3 is 2.50 bits per heavy atom. The van der Waals surface area contributed by atoms with E-state index in [2.05, 4.69) is 6.07 Å². The Bertz CT molecular complexity index is 2060.